The SMILES string of the molecule is CC[NH+](CC)CCN(CC(=O)Nc1cc(C)on1)C(=O)c1ccc2c(c1)OCO2. The molecule has 0 aliphatic carbocycles. The molecule has 3 rings (SSSR count). The number of amides is 2. The van der Waals surface area contributed by atoms with Crippen LogP contribution in [-0.4, -0.2) is 61.4 Å². The molecule has 0 radical (unpaired) electrons. The number of fused-ring (bicyclic) bond motifs is 1. The Balaban J connectivity index is 1.72. The van der Waals surface area contributed by atoms with Gasteiger partial charge in [-0.2, -0.15) is 0 Å². The number of rotatable bonds is 9. The van der Waals surface area contributed by atoms with Crippen molar-refractivity contribution in [2.75, 3.05) is 44.8 Å². The molecule has 0 fully saturated rings. The maximum Gasteiger partial charge on any atom is 0.254 e. The highest BCUT2D eigenvalue weighted by Gasteiger charge is 2.23. The van der Waals surface area contributed by atoms with Crippen molar-refractivity contribution in [2.24, 2.45) is 0 Å². The maximum atomic E-state index is 13.1. The quantitative estimate of drug-likeness (QED) is 0.640. The van der Waals surface area contributed by atoms with Crippen LogP contribution in [-0.2, 0) is 4.79 Å². The van der Waals surface area contributed by atoms with Crippen LogP contribution >= 0.6 is 0 Å². The molecule has 156 valence electrons. The average molecular weight is 403 g/mol. The van der Waals surface area contributed by atoms with E-state index in [1.807, 2.05) is 0 Å². The van der Waals surface area contributed by atoms with Gasteiger partial charge in [-0.25, -0.2) is 0 Å². The molecule has 2 amide bonds. The lowest BCUT2D eigenvalue weighted by Crippen LogP contribution is -3.12. The summed E-state index contributed by atoms with van der Waals surface area (Å²) in [5.41, 5.74) is 0.453. The smallest absolute Gasteiger partial charge is 0.254 e. The number of benzene rings is 1. The number of hydrogen-bond acceptors (Lipinski definition) is 6. The molecule has 29 heavy (non-hydrogen) atoms. The third kappa shape index (κ3) is 5.26. The second-order valence-electron chi connectivity index (χ2n) is 6.87. The summed E-state index contributed by atoms with van der Waals surface area (Å²) in [5.74, 6) is 1.51. The Morgan fingerprint density at radius 2 is 1.93 bits per heavy atom. The van der Waals surface area contributed by atoms with Gasteiger partial charge in [0.2, 0.25) is 12.7 Å². The van der Waals surface area contributed by atoms with Gasteiger partial charge in [0.25, 0.3) is 5.91 Å². The molecule has 0 saturated heterocycles. The van der Waals surface area contributed by atoms with E-state index in [0.29, 0.717) is 35.2 Å². The predicted molar refractivity (Wildman–Crippen MR) is 105 cm³/mol. The number of ether oxygens (including phenoxy) is 2. The van der Waals surface area contributed by atoms with Gasteiger partial charge in [-0.15, -0.1) is 0 Å². The van der Waals surface area contributed by atoms with E-state index in [2.05, 4.69) is 24.3 Å². The fourth-order valence-corrected chi connectivity index (χ4v) is 3.14. The summed E-state index contributed by atoms with van der Waals surface area (Å²) < 4.78 is 15.6. The summed E-state index contributed by atoms with van der Waals surface area (Å²) in [6.45, 7) is 9.10. The van der Waals surface area contributed by atoms with Gasteiger partial charge in [0.1, 0.15) is 12.3 Å². The van der Waals surface area contributed by atoms with Crippen LogP contribution in [0.1, 0.15) is 30.0 Å². The van der Waals surface area contributed by atoms with Crippen molar-refractivity contribution in [1.82, 2.24) is 10.1 Å². The molecule has 0 unspecified atom stereocenters. The van der Waals surface area contributed by atoms with Crippen LogP contribution in [0.5, 0.6) is 11.5 Å². The highest BCUT2D eigenvalue weighted by molar-refractivity contribution is 5.99. The number of nitrogens with zero attached hydrogens (tertiary/aromatic N) is 2. The fourth-order valence-electron chi connectivity index (χ4n) is 3.14. The van der Waals surface area contributed by atoms with E-state index in [1.165, 1.54) is 4.90 Å². The molecule has 0 atom stereocenters. The molecule has 9 nitrogen and oxygen atoms in total. The number of likely N-dealkylation sites (N-methyl/N-ethyl adjacent to an activating group) is 1. The summed E-state index contributed by atoms with van der Waals surface area (Å²) in [6.07, 6.45) is 0. The third-order valence-electron chi connectivity index (χ3n) is 4.87. The molecule has 1 aliphatic heterocycles. The zero-order valence-electron chi connectivity index (χ0n) is 17.0. The van der Waals surface area contributed by atoms with Gasteiger partial charge in [0, 0.05) is 11.6 Å². The lowest BCUT2D eigenvalue weighted by atomic mass is 10.1. The third-order valence-corrected chi connectivity index (χ3v) is 4.87. The Bertz CT molecular complexity index is 862. The van der Waals surface area contributed by atoms with Crippen molar-refractivity contribution in [3.05, 3.63) is 35.6 Å². The first kappa shape index (κ1) is 20.7. The zero-order chi connectivity index (χ0) is 20.8. The van der Waals surface area contributed by atoms with E-state index in [0.717, 1.165) is 19.6 Å². The first-order chi connectivity index (χ1) is 14.0. The monoisotopic (exact) mass is 403 g/mol. The van der Waals surface area contributed by atoms with Crippen LogP contribution in [0.4, 0.5) is 5.82 Å². The summed E-state index contributed by atoms with van der Waals surface area (Å²) in [4.78, 5) is 28.5. The largest absolute Gasteiger partial charge is 0.454 e. The number of hydrogen-bond donors (Lipinski definition) is 2. The number of anilines is 1. The van der Waals surface area contributed by atoms with Crippen molar-refractivity contribution in [3.63, 3.8) is 0 Å². The van der Waals surface area contributed by atoms with E-state index in [9.17, 15) is 9.59 Å². The van der Waals surface area contributed by atoms with E-state index >= 15 is 0 Å². The number of carbonyl (C=O) groups excluding carboxylic acids is 2. The molecule has 0 spiro atoms. The Kier molecular flexibility index (Phi) is 6.71. The van der Waals surface area contributed by atoms with E-state index in [-0.39, 0.29) is 25.2 Å². The number of aryl methyl sites for hydroxylation is 1. The molecular weight excluding hydrogens is 376 g/mol. The molecule has 0 saturated carbocycles. The van der Waals surface area contributed by atoms with E-state index in [4.69, 9.17) is 14.0 Å². The second-order valence-corrected chi connectivity index (χ2v) is 6.87. The lowest BCUT2D eigenvalue weighted by molar-refractivity contribution is -0.895. The lowest BCUT2D eigenvalue weighted by Gasteiger charge is -2.24. The molecule has 0 bridgehead atoms. The van der Waals surface area contributed by atoms with Gasteiger partial charge in [0.15, 0.2) is 17.3 Å². The number of carbonyl (C=O) groups is 2. The Morgan fingerprint density at radius 3 is 2.62 bits per heavy atom. The summed E-state index contributed by atoms with van der Waals surface area (Å²) >= 11 is 0. The fraction of sp³-hybridized carbons (Fsp3) is 0.450. The Labute approximate surface area is 169 Å². The molecule has 9 heteroatoms. The van der Waals surface area contributed by atoms with E-state index in [1.54, 1.807) is 36.1 Å². The molecule has 1 aromatic heterocycles. The topological polar surface area (TPSA) is 98.3 Å². The van der Waals surface area contributed by atoms with Crippen LogP contribution in [0.25, 0.3) is 0 Å². The Morgan fingerprint density at radius 1 is 1.17 bits per heavy atom. The average Bonchev–Trinajstić information content (AvgIpc) is 3.35. The van der Waals surface area contributed by atoms with Crippen LogP contribution < -0.4 is 19.7 Å². The van der Waals surface area contributed by atoms with Crippen molar-refractivity contribution < 1.29 is 28.5 Å². The molecule has 2 heterocycles. The van der Waals surface area contributed by atoms with Gasteiger partial charge in [0.05, 0.1) is 26.2 Å². The van der Waals surface area contributed by atoms with Crippen molar-refractivity contribution in [2.45, 2.75) is 20.8 Å². The number of nitrogens with one attached hydrogen (secondary N) is 2. The number of quaternary nitrogens is 1. The maximum absolute atomic E-state index is 13.1. The highest BCUT2D eigenvalue weighted by Crippen LogP contribution is 2.32. The van der Waals surface area contributed by atoms with Gasteiger partial charge >= 0.3 is 0 Å². The first-order valence-electron chi connectivity index (χ1n) is 9.75. The minimum Gasteiger partial charge on any atom is -0.454 e. The predicted octanol–water partition coefficient (Wildman–Crippen LogP) is 0.717. The normalized spacial score (nSPS) is 12.3. The molecular formula is C20H27N4O5+. The van der Waals surface area contributed by atoms with Crippen molar-refractivity contribution in [3.8, 4) is 11.5 Å². The highest BCUT2D eigenvalue weighted by atomic mass is 16.7. The van der Waals surface area contributed by atoms with Gasteiger partial charge in [-0.3, -0.25) is 9.59 Å². The molecule has 1 aliphatic rings. The van der Waals surface area contributed by atoms with Gasteiger partial charge in [-0.05, 0) is 39.0 Å². The van der Waals surface area contributed by atoms with Crippen molar-refractivity contribution >= 4 is 17.6 Å². The molecule has 1 aromatic carbocycles. The summed E-state index contributed by atoms with van der Waals surface area (Å²) in [6, 6.07) is 6.68. The summed E-state index contributed by atoms with van der Waals surface area (Å²) in [5, 5.41) is 6.43. The second kappa shape index (κ2) is 9.42. The van der Waals surface area contributed by atoms with Crippen LogP contribution in [0, 0.1) is 6.92 Å². The first-order valence-corrected chi connectivity index (χ1v) is 9.75. The molecule has 2 N–H and O–H groups in total. The van der Waals surface area contributed by atoms with Crippen LogP contribution in [0.2, 0.25) is 0 Å². The van der Waals surface area contributed by atoms with Crippen LogP contribution in [0.3, 0.4) is 0 Å². The summed E-state index contributed by atoms with van der Waals surface area (Å²) in [7, 11) is 0. The van der Waals surface area contributed by atoms with Crippen LogP contribution in [0.15, 0.2) is 28.8 Å². The molecule has 2 aromatic rings. The number of aromatic nitrogens is 1. The Hall–Kier alpha value is -3.07. The van der Waals surface area contributed by atoms with Gasteiger partial charge < -0.3 is 29.1 Å². The zero-order valence-corrected chi connectivity index (χ0v) is 17.0. The van der Waals surface area contributed by atoms with E-state index < -0.39 is 0 Å². The minimum atomic E-state index is -0.332. The van der Waals surface area contributed by atoms with Gasteiger partial charge in [-0.1, -0.05) is 5.16 Å². The van der Waals surface area contributed by atoms with Crippen molar-refractivity contribution in [1.29, 1.82) is 0 Å². The minimum absolute atomic E-state index is 0.0834. The standard InChI is InChI=1S/C20H26N4O5/c1-4-23(5-2)8-9-24(12-19(25)21-18-10-14(3)29-22-18)20(26)15-6-7-16-17(11-15)28-13-27-16/h6-7,10-11H,4-5,8-9,12-13H2,1-3H3,(H,21,22,25)/p+1.